The molecular weight excluding hydrogens is 167 g/mol. The molecule has 0 aromatic rings. The van der Waals surface area contributed by atoms with E-state index in [4.69, 9.17) is 5.11 Å². The average molecular weight is 174 g/mol. The first-order valence-electron chi connectivity index (χ1n) is 2.38. The second kappa shape index (κ2) is 2.67. The molecule has 0 spiro atoms. The van der Waals surface area contributed by atoms with Crippen LogP contribution in [0.25, 0.3) is 0 Å². The molecule has 60 valence electrons. The van der Waals surface area contributed by atoms with E-state index in [0.717, 1.165) is 0 Å². The largest absolute Gasteiger partial charge is 0.480 e. The number of rotatable bonds is 1. The first kappa shape index (κ1) is 9.58. The van der Waals surface area contributed by atoms with Crippen molar-refractivity contribution in [3.63, 3.8) is 0 Å². The lowest BCUT2D eigenvalue weighted by atomic mass is 10.0. The summed E-state index contributed by atoms with van der Waals surface area (Å²) in [6.07, 6.45) is 0. The van der Waals surface area contributed by atoms with Gasteiger partial charge in [-0.3, -0.25) is 10.1 Å². The molecule has 1 fully saturated rings. The topological polar surface area (TPSA) is 49.3 Å². The molecule has 6 heteroatoms. The third-order valence-corrected chi connectivity index (χ3v) is 1.21. The smallest absolute Gasteiger partial charge is 0.327 e. The van der Waals surface area contributed by atoms with E-state index in [1.54, 1.807) is 0 Å². The van der Waals surface area contributed by atoms with E-state index in [1.165, 1.54) is 0 Å². The SMILES string of the molecule is Cl.O=C(O)C1NCC1(F)F. The van der Waals surface area contributed by atoms with Crippen molar-refractivity contribution in [1.82, 2.24) is 5.32 Å². The minimum atomic E-state index is -3.05. The van der Waals surface area contributed by atoms with E-state index in [9.17, 15) is 13.6 Å². The molecule has 1 rings (SSSR count). The summed E-state index contributed by atoms with van der Waals surface area (Å²) < 4.78 is 24.0. The molecule has 10 heavy (non-hydrogen) atoms. The molecule has 0 aromatic heterocycles. The number of nitrogens with one attached hydrogen (secondary N) is 1. The van der Waals surface area contributed by atoms with Gasteiger partial charge < -0.3 is 5.11 Å². The Morgan fingerprint density at radius 1 is 1.70 bits per heavy atom. The molecule has 0 aliphatic carbocycles. The third-order valence-electron chi connectivity index (χ3n) is 1.21. The predicted molar refractivity (Wildman–Crippen MR) is 31.6 cm³/mol. The Morgan fingerprint density at radius 3 is 2.20 bits per heavy atom. The zero-order chi connectivity index (χ0) is 7.07. The van der Waals surface area contributed by atoms with Crippen molar-refractivity contribution >= 4 is 18.4 Å². The summed E-state index contributed by atoms with van der Waals surface area (Å²) in [6, 6.07) is -1.67. The van der Waals surface area contributed by atoms with E-state index in [2.05, 4.69) is 5.32 Å². The minimum Gasteiger partial charge on any atom is -0.480 e. The Kier molecular flexibility index (Phi) is 2.56. The van der Waals surface area contributed by atoms with Crippen molar-refractivity contribution < 1.29 is 18.7 Å². The van der Waals surface area contributed by atoms with Gasteiger partial charge in [-0.1, -0.05) is 0 Å². The number of hydrogen-bond acceptors (Lipinski definition) is 2. The second-order valence-electron chi connectivity index (χ2n) is 1.91. The number of halogens is 3. The van der Waals surface area contributed by atoms with E-state index in [1.807, 2.05) is 0 Å². The molecule has 0 radical (unpaired) electrons. The molecule has 1 aliphatic rings. The maximum Gasteiger partial charge on any atom is 0.327 e. The predicted octanol–water partition coefficient (Wildman–Crippen LogP) is 0.0999. The fourth-order valence-electron chi connectivity index (χ4n) is 0.626. The van der Waals surface area contributed by atoms with E-state index in [-0.39, 0.29) is 12.4 Å². The van der Waals surface area contributed by atoms with E-state index < -0.39 is 24.5 Å². The highest BCUT2D eigenvalue weighted by molar-refractivity contribution is 5.85. The third kappa shape index (κ3) is 1.35. The highest BCUT2D eigenvalue weighted by Crippen LogP contribution is 2.25. The number of carboxylic acid groups (broad SMARTS) is 1. The Bertz CT molecular complexity index is 152. The molecule has 1 unspecified atom stereocenters. The standard InChI is InChI=1S/C4H5F2NO2.ClH/c5-4(6)1-7-2(4)3(8)9;/h2,7H,1H2,(H,8,9);1H. The Balaban J connectivity index is 0.000000810. The van der Waals surface area contributed by atoms with Crippen LogP contribution >= 0.6 is 12.4 Å². The molecule has 1 heterocycles. The van der Waals surface area contributed by atoms with Crippen LogP contribution in [0.2, 0.25) is 0 Å². The molecule has 0 bridgehead atoms. The van der Waals surface area contributed by atoms with Crippen LogP contribution in [0, 0.1) is 0 Å². The maximum atomic E-state index is 12.0. The monoisotopic (exact) mass is 173 g/mol. The summed E-state index contributed by atoms with van der Waals surface area (Å²) in [5, 5.41) is 10.1. The van der Waals surface area contributed by atoms with Crippen molar-refractivity contribution in [2.24, 2.45) is 0 Å². The Labute approximate surface area is 61.8 Å². The first-order chi connectivity index (χ1) is 4.04. The summed E-state index contributed by atoms with van der Waals surface area (Å²) in [5.74, 6) is -4.54. The number of aliphatic carboxylic acids is 1. The lowest BCUT2D eigenvalue weighted by Gasteiger charge is -2.33. The molecule has 3 nitrogen and oxygen atoms in total. The van der Waals surface area contributed by atoms with Gasteiger partial charge in [0.25, 0.3) is 5.92 Å². The molecule has 0 aromatic carbocycles. The van der Waals surface area contributed by atoms with Crippen LogP contribution in [0.3, 0.4) is 0 Å². The summed E-state index contributed by atoms with van der Waals surface area (Å²) in [7, 11) is 0. The van der Waals surface area contributed by atoms with Crippen LogP contribution in [0.5, 0.6) is 0 Å². The van der Waals surface area contributed by atoms with E-state index >= 15 is 0 Å². The maximum absolute atomic E-state index is 12.0. The van der Waals surface area contributed by atoms with Crippen molar-refractivity contribution in [2.75, 3.05) is 6.54 Å². The second-order valence-corrected chi connectivity index (χ2v) is 1.91. The molecule has 0 saturated carbocycles. The van der Waals surface area contributed by atoms with Gasteiger partial charge in [0.05, 0.1) is 6.54 Å². The van der Waals surface area contributed by atoms with Gasteiger partial charge >= 0.3 is 5.97 Å². The summed E-state index contributed by atoms with van der Waals surface area (Å²) >= 11 is 0. The summed E-state index contributed by atoms with van der Waals surface area (Å²) in [4.78, 5) is 9.85. The van der Waals surface area contributed by atoms with Crippen LogP contribution in [-0.2, 0) is 4.79 Å². The lowest BCUT2D eigenvalue weighted by Crippen LogP contribution is -2.66. The van der Waals surface area contributed by atoms with Crippen LogP contribution in [0.1, 0.15) is 0 Å². The molecule has 1 saturated heterocycles. The first-order valence-corrected chi connectivity index (χ1v) is 2.38. The van der Waals surface area contributed by atoms with Crippen LogP contribution in [0.4, 0.5) is 8.78 Å². The number of carboxylic acids is 1. The number of hydrogen-bond donors (Lipinski definition) is 2. The van der Waals surface area contributed by atoms with Gasteiger partial charge in [-0.25, -0.2) is 8.78 Å². The van der Waals surface area contributed by atoms with Crippen LogP contribution in [0.15, 0.2) is 0 Å². The minimum absolute atomic E-state index is 0. The van der Waals surface area contributed by atoms with Gasteiger partial charge in [0.1, 0.15) is 0 Å². The molecule has 2 N–H and O–H groups in total. The quantitative estimate of drug-likeness (QED) is 0.591. The Morgan fingerprint density at radius 2 is 2.20 bits per heavy atom. The van der Waals surface area contributed by atoms with Gasteiger partial charge in [0.2, 0.25) is 0 Å². The van der Waals surface area contributed by atoms with Crippen molar-refractivity contribution in [2.45, 2.75) is 12.0 Å². The average Bonchev–Trinajstić information content (AvgIpc) is 1.62. The Hall–Kier alpha value is -0.420. The fourth-order valence-corrected chi connectivity index (χ4v) is 0.626. The fraction of sp³-hybridized carbons (Fsp3) is 0.750. The van der Waals surface area contributed by atoms with Crippen molar-refractivity contribution in [1.29, 1.82) is 0 Å². The van der Waals surface area contributed by atoms with Crippen molar-refractivity contribution in [3.05, 3.63) is 0 Å². The van der Waals surface area contributed by atoms with Crippen LogP contribution < -0.4 is 5.32 Å². The normalized spacial score (nSPS) is 28.0. The zero-order valence-corrected chi connectivity index (χ0v) is 5.62. The van der Waals surface area contributed by atoms with Crippen molar-refractivity contribution in [3.8, 4) is 0 Å². The number of alkyl halides is 2. The zero-order valence-electron chi connectivity index (χ0n) is 4.80. The highest BCUT2D eigenvalue weighted by atomic mass is 35.5. The van der Waals surface area contributed by atoms with Gasteiger partial charge in [-0.15, -0.1) is 12.4 Å². The van der Waals surface area contributed by atoms with Gasteiger partial charge in [0.15, 0.2) is 6.04 Å². The lowest BCUT2D eigenvalue weighted by molar-refractivity contribution is -0.163. The highest BCUT2D eigenvalue weighted by Gasteiger charge is 2.52. The summed E-state index contributed by atoms with van der Waals surface area (Å²) in [5.41, 5.74) is 0. The van der Waals surface area contributed by atoms with Crippen LogP contribution in [-0.4, -0.2) is 29.6 Å². The molecule has 1 atom stereocenters. The molecule has 0 amide bonds. The molecular formula is C4H6ClF2NO2. The van der Waals surface area contributed by atoms with Gasteiger partial charge in [-0.2, -0.15) is 0 Å². The van der Waals surface area contributed by atoms with Gasteiger partial charge in [0, 0.05) is 0 Å². The van der Waals surface area contributed by atoms with E-state index in [0.29, 0.717) is 0 Å². The number of carbonyl (C=O) groups is 1. The summed E-state index contributed by atoms with van der Waals surface area (Å²) in [6.45, 7) is -0.524. The van der Waals surface area contributed by atoms with Gasteiger partial charge in [-0.05, 0) is 0 Å². The molecule has 1 aliphatic heterocycles.